The fourth-order valence-corrected chi connectivity index (χ4v) is 11.0. The van der Waals surface area contributed by atoms with Crippen LogP contribution in [-0.4, -0.2) is 135 Å². The minimum absolute atomic E-state index is 0.0125. The predicted octanol–water partition coefficient (Wildman–Crippen LogP) is 6.05. The number of hydrogen-bond acceptors (Lipinski definition) is 9. The number of fused-ring (bicyclic) bond motifs is 2. The molecule has 4 heterocycles. The van der Waals surface area contributed by atoms with Crippen molar-refractivity contribution in [1.29, 1.82) is 0 Å². The number of likely N-dealkylation sites (tertiary alicyclic amines) is 2. The number of benzene rings is 3. The summed E-state index contributed by atoms with van der Waals surface area (Å²) >= 11 is 0. The highest BCUT2D eigenvalue weighted by Crippen LogP contribution is 2.41. The van der Waals surface area contributed by atoms with Gasteiger partial charge in [-0.15, -0.1) is 0 Å². The molecule has 2 aliphatic heterocycles. The summed E-state index contributed by atoms with van der Waals surface area (Å²) in [5, 5.41) is 46.7. The molecule has 5 aromatic rings. The van der Waals surface area contributed by atoms with E-state index in [1.807, 2.05) is 82.5 Å². The van der Waals surface area contributed by atoms with Gasteiger partial charge < -0.3 is 50.2 Å². The van der Waals surface area contributed by atoms with Gasteiger partial charge in [0.15, 0.2) is 0 Å². The van der Waals surface area contributed by atoms with Gasteiger partial charge in [0, 0.05) is 66.1 Å². The lowest BCUT2D eigenvalue weighted by atomic mass is 9.85. The standard InChI is InChI=1S/C56H80N8O6/c1-35(57-9)51(67)59-49(55(3,4)5)53(69)61-27-15-17-39(61)33-43-41-19-11-13-21-45(41)63(29-31-65)47(43)37-23-25-38(26-24-37)48-44(42-20-12-14-22-46(42)64(48)30-32-66)34-40-18-16-28-62(40)54(70)50(56(6,7)8)60-52(68)36(2)58-10/h11-14,19-26,35-36,39-40,49-51,57-59,65-67H,15-18,27-34H2,1-10H3,(H,60,68)/t35-,36-,39-,40-,49?,50?,51?/m0/s1. The number of aromatic nitrogens is 2. The van der Waals surface area contributed by atoms with Crippen LogP contribution in [0, 0.1) is 10.8 Å². The number of nitrogens with one attached hydrogen (secondary N) is 4. The van der Waals surface area contributed by atoms with Crippen LogP contribution in [0.2, 0.25) is 0 Å². The van der Waals surface area contributed by atoms with Crippen LogP contribution in [0.5, 0.6) is 0 Å². The van der Waals surface area contributed by atoms with E-state index in [9.17, 15) is 29.7 Å². The molecule has 0 spiro atoms. The molecule has 0 aliphatic carbocycles. The van der Waals surface area contributed by atoms with E-state index in [1.54, 1.807) is 21.0 Å². The Kier molecular flexibility index (Phi) is 16.7. The number of carbonyl (C=O) groups is 3. The molecule has 380 valence electrons. The van der Waals surface area contributed by atoms with Crippen LogP contribution in [0.1, 0.15) is 92.2 Å². The molecule has 2 fully saturated rings. The van der Waals surface area contributed by atoms with Gasteiger partial charge in [-0.1, -0.05) is 102 Å². The monoisotopic (exact) mass is 961 g/mol. The summed E-state index contributed by atoms with van der Waals surface area (Å²) in [6.07, 6.45) is 3.72. The summed E-state index contributed by atoms with van der Waals surface area (Å²) in [5.41, 5.74) is 7.26. The quantitative estimate of drug-likeness (QED) is 0.0486. The second kappa shape index (κ2) is 22.1. The largest absolute Gasteiger partial charge is 0.395 e. The Bertz CT molecular complexity index is 2610. The number of para-hydroxylation sites is 2. The van der Waals surface area contributed by atoms with Crippen molar-refractivity contribution < 1.29 is 29.7 Å². The van der Waals surface area contributed by atoms with Crippen molar-refractivity contribution in [2.24, 2.45) is 10.8 Å². The number of hydrogen-bond donors (Lipinski definition) is 7. The highest BCUT2D eigenvalue weighted by atomic mass is 16.3. The van der Waals surface area contributed by atoms with Gasteiger partial charge in [-0.25, -0.2) is 0 Å². The first-order chi connectivity index (χ1) is 33.3. The SMILES string of the molecule is CN[C@@H](C)C(=O)NC(C(=O)N1CCC[C@H]1Cc1c(-c2ccc(-c3c(C[C@@H]4CCCN4C(=O)C(NC(O)[C@H](C)NC)C(C)(C)C)c4ccccc4n3CCO)cc2)n(CCO)c2ccccc12)C(C)(C)C. The summed E-state index contributed by atoms with van der Waals surface area (Å²) in [6, 6.07) is 23.1. The number of aliphatic hydroxyl groups excluding tert-OH is 3. The number of nitrogens with zero attached hydrogens (tertiary/aromatic N) is 4. The Morgan fingerprint density at radius 1 is 0.643 bits per heavy atom. The molecule has 7 rings (SSSR count). The van der Waals surface area contributed by atoms with Gasteiger partial charge in [0.05, 0.1) is 36.7 Å². The third-order valence-corrected chi connectivity index (χ3v) is 15.0. The van der Waals surface area contributed by atoms with Gasteiger partial charge in [0.1, 0.15) is 12.3 Å². The van der Waals surface area contributed by atoms with E-state index in [0.717, 1.165) is 81.1 Å². The maximum absolute atomic E-state index is 14.6. The molecular formula is C56H80N8O6. The lowest BCUT2D eigenvalue weighted by molar-refractivity contribution is -0.140. The van der Waals surface area contributed by atoms with Gasteiger partial charge in [0.25, 0.3) is 0 Å². The normalized spacial score (nSPS) is 18.9. The lowest BCUT2D eigenvalue weighted by Crippen LogP contribution is -2.59. The van der Waals surface area contributed by atoms with E-state index in [0.29, 0.717) is 39.0 Å². The van der Waals surface area contributed by atoms with Crippen LogP contribution in [0.4, 0.5) is 0 Å². The van der Waals surface area contributed by atoms with Crippen LogP contribution in [-0.2, 0) is 40.3 Å². The van der Waals surface area contributed by atoms with Crippen molar-refractivity contribution >= 4 is 39.5 Å². The van der Waals surface area contributed by atoms with Gasteiger partial charge in [-0.3, -0.25) is 19.7 Å². The highest BCUT2D eigenvalue weighted by molar-refractivity contribution is 5.95. The molecule has 3 amide bonds. The minimum Gasteiger partial charge on any atom is -0.395 e. The van der Waals surface area contributed by atoms with Crippen LogP contribution < -0.4 is 21.3 Å². The van der Waals surface area contributed by atoms with Crippen LogP contribution in [0.3, 0.4) is 0 Å². The summed E-state index contributed by atoms with van der Waals surface area (Å²) in [4.78, 5) is 46.4. The van der Waals surface area contributed by atoms with Crippen molar-refractivity contribution in [1.82, 2.24) is 40.2 Å². The third-order valence-electron chi connectivity index (χ3n) is 15.0. The van der Waals surface area contributed by atoms with Gasteiger partial charge in [0.2, 0.25) is 17.7 Å². The van der Waals surface area contributed by atoms with Gasteiger partial charge in [-0.2, -0.15) is 0 Å². The molecule has 2 aliphatic rings. The molecule has 2 aromatic heterocycles. The second-order valence-corrected chi connectivity index (χ2v) is 21.9. The van der Waals surface area contributed by atoms with E-state index in [-0.39, 0.29) is 49.1 Å². The number of aliphatic hydroxyl groups is 3. The average molecular weight is 961 g/mol. The molecule has 70 heavy (non-hydrogen) atoms. The second-order valence-electron chi connectivity index (χ2n) is 21.9. The summed E-state index contributed by atoms with van der Waals surface area (Å²) in [5.74, 6) is -0.293. The Morgan fingerprint density at radius 2 is 1.07 bits per heavy atom. The Hall–Kier alpha value is -5.09. The zero-order valence-electron chi connectivity index (χ0n) is 43.3. The molecule has 3 unspecified atom stereocenters. The Labute approximate surface area is 415 Å². The zero-order valence-corrected chi connectivity index (χ0v) is 43.3. The third kappa shape index (κ3) is 10.9. The molecule has 14 heteroatoms. The summed E-state index contributed by atoms with van der Waals surface area (Å²) in [6.45, 7) is 17.7. The fourth-order valence-electron chi connectivity index (χ4n) is 11.0. The molecule has 7 N–H and O–H groups in total. The van der Waals surface area contributed by atoms with Crippen LogP contribution in [0.25, 0.3) is 44.3 Å². The molecule has 0 saturated carbocycles. The summed E-state index contributed by atoms with van der Waals surface area (Å²) in [7, 11) is 3.53. The number of rotatable bonds is 19. The van der Waals surface area contributed by atoms with E-state index < -0.39 is 35.2 Å². The molecule has 0 bridgehead atoms. The minimum atomic E-state index is -0.910. The number of amides is 3. The first-order valence-corrected chi connectivity index (χ1v) is 25.6. The zero-order chi connectivity index (χ0) is 50.7. The molecule has 0 radical (unpaired) electrons. The van der Waals surface area contributed by atoms with Crippen molar-refractivity contribution in [2.45, 2.75) is 149 Å². The van der Waals surface area contributed by atoms with Crippen molar-refractivity contribution in [3.63, 3.8) is 0 Å². The number of carbonyl (C=O) groups excluding carboxylic acids is 3. The molecule has 7 atom stereocenters. The highest BCUT2D eigenvalue weighted by Gasteiger charge is 2.42. The maximum Gasteiger partial charge on any atom is 0.245 e. The van der Waals surface area contributed by atoms with E-state index in [1.165, 1.54) is 0 Å². The Balaban J connectivity index is 1.27. The maximum atomic E-state index is 14.6. The molecule has 3 aromatic carbocycles. The van der Waals surface area contributed by atoms with Crippen LogP contribution >= 0.6 is 0 Å². The van der Waals surface area contributed by atoms with Gasteiger partial charge in [-0.05, 0) is 112 Å². The van der Waals surface area contributed by atoms with E-state index >= 15 is 0 Å². The average Bonchev–Trinajstić information content (AvgIpc) is 4.14. The topological polar surface area (TPSA) is 176 Å². The van der Waals surface area contributed by atoms with Crippen molar-refractivity contribution in [3.05, 3.63) is 83.9 Å². The molecule has 2 saturated heterocycles. The summed E-state index contributed by atoms with van der Waals surface area (Å²) < 4.78 is 4.42. The number of likely N-dealkylation sites (N-methyl/N-ethyl adjacent to an activating group) is 2. The predicted molar refractivity (Wildman–Crippen MR) is 280 cm³/mol. The lowest BCUT2D eigenvalue weighted by Gasteiger charge is -2.38. The first-order valence-electron chi connectivity index (χ1n) is 25.6. The van der Waals surface area contributed by atoms with Crippen molar-refractivity contribution in [3.8, 4) is 22.5 Å². The first kappa shape index (κ1) is 52.7. The smallest absolute Gasteiger partial charge is 0.245 e. The fraction of sp³-hybridized carbons (Fsp3) is 0.554. The molecule has 14 nitrogen and oxygen atoms in total. The van der Waals surface area contributed by atoms with E-state index in [2.05, 4.69) is 78.9 Å². The Morgan fingerprint density at radius 3 is 1.47 bits per heavy atom. The van der Waals surface area contributed by atoms with E-state index in [4.69, 9.17) is 0 Å². The van der Waals surface area contributed by atoms with Crippen LogP contribution in [0.15, 0.2) is 72.8 Å². The van der Waals surface area contributed by atoms with Gasteiger partial charge >= 0.3 is 0 Å². The van der Waals surface area contributed by atoms with Crippen molar-refractivity contribution in [2.75, 3.05) is 40.4 Å². The molecular weight excluding hydrogens is 881 g/mol.